The summed E-state index contributed by atoms with van der Waals surface area (Å²) in [6.45, 7) is 3.65. The summed E-state index contributed by atoms with van der Waals surface area (Å²) in [4.78, 5) is 76.3. The fourth-order valence-corrected chi connectivity index (χ4v) is 3.99. The van der Waals surface area contributed by atoms with Crippen LogP contribution in [-0.2, 0) is 35.2 Å². The van der Waals surface area contributed by atoms with Crippen LogP contribution in [0.2, 0.25) is 0 Å². The zero-order valence-corrected chi connectivity index (χ0v) is 22.3. The molecule has 14 nitrogen and oxygen atoms in total. The summed E-state index contributed by atoms with van der Waals surface area (Å²) in [5, 5.41) is 26.4. The van der Waals surface area contributed by atoms with Crippen LogP contribution in [0.25, 0.3) is 10.9 Å². The summed E-state index contributed by atoms with van der Waals surface area (Å²) >= 11 is 0. The van der Waals surface area contributed by atoms with Crippen LogP contribution < -0.4 is 27.4 Å². The molecule has 40 heavy (non-hydrogen) atoms. The number of rotatable bonds is 16. The largest absolute Gasteiger partial charge is 0.481 e. The van der Waals surface area contributed by atoms with Crippen molar-refractivity contribution in [3.05, 3.63) is 36.0 Å². The molecule has 1 aromatic heterocycles. The third kappa shape index (κ3) is 9.08. The summed E-state index contributed by atoms with van der Waals surface area (Å²) in [6, 6.07) is 1.98. The number of aromatic nitrogens is 1. The van der Waals surface area contributed by atoms with Crippen LogP contribution in [0.4, 0.5) is 0 Å². The predicted molar refractivity (Wildman–Crippen MR) is 144 cm³/mol. The molecule has 0 aliphatic heterocycles. The van der Waals surface area contributed by atoms with E-state index in [9.17, 15) is 33.9 Å². The number of nitrogens with two attached hydrogens (primary N) is 2. The van der Waals surface area contributed by atoms with Crippen LogP contribution in [0.1, 0.15) is 45.1 Å². The summed E-state index contributed by atoms with van der Waals surface area (Å²) in [5.41, 5.74) is 12.6. The maximum atomic E-state index is 13.5. The highest BCUT2D eigenvalue weighted by Gasteiger charge is 2.32. The Bertz CT molecular complexity index is 1240. The normalized spacial score (nSPS) is 14.8. The number of amides is 4. The van der Waals surface area contributed by atoms with E-state index in [-0.39, 0.29) is 12.3 Å². The van der Waals surface area contributed by atoms with Crippen molar-refractivity contribution in [2.75, 3.05) is 0 Å². The van der Waals surface area contributed by atoms with Gasteiger partial charge in [-0.3, -0.25) is 24.0 Å². The van der Waals surface area contributed by atoms with Gasteiger partial charge >= 0.3 is 11.9 Å². The summed E-state index contributed by atoms with van der Waals surface area (Å²) < 4.78 is 0. The number of aromatic amines is 1. The molecule has 5 unspecified atom stereocenters. The number of carboxylic acid groups (broad SMARTS) is 2. The van der Waals surface area contributed by atoms with Gasteiger partial charge in [0.2, 0.25) is 23.6 Å². The van der Waals surface area contributed by atoms with Crippen LogP contribution in [0.3, 0.4) is 0 Å². The Kier molecular flexibility index (Phi) is 11.6. The van der Waals surface area contributed by atoms with E-state index in [0.29, 0.717) is 12.0 Å². The summed E-state index contributed by atoms with van der Waals surface area (Å²) in [5.74, 6) is -6.42. The molecule has 218 valence electrons. The van der Waals surface area contributed by atoms with Gasteiger partial charge in [0.25, 0.3) is 0 Å². The van der Waals surface area contributed by atoms with E-state index in [4.69, 9.17) is 16.6 Å². The average Bonchev–Trinajstić information content (AvgIpc) is 3.31. The van der Waals surface area contributed by atoms with Gasteiger partial charge in [-0.05, 0) is 24.0 Å². The van der Waals surface area contributed by atoms with E-state index in [1.54, 1.807) is 13.1 Å². The highest BCUT2D eigenvalue weighted by atomic mass is 16.4. The van der Waals surface area contributed by atoms with E-state index in [2.05, 4.69) is 20.9 Å². The lowest BCUT2D eigenvalue weighted by molar-refractivity contribution is -0.144. The van der Waals surface area contributed by atoms with Crippen LogP contribution in [-0.4, -0.2) is 74.9 Å². The molecule has 0 spiro atoms. The molecule has 0 saturated heterocycles. The molecule has 2 aromatic rings. The second-order valence-electron chi connectivity index (χ2n) is 9.60. The molecule has 2 rings (SSSR count). The maximum Gasteiger partial charge on any atom is 0.326 e. The molecule has 0 aliphatic rings. The Labute approximate surface area is 230 Å². The molecular weight excluding hydrogens is 524 g/mol. The zero-order valence-electron chi connectivity index (χ0n) is 22.3. The van der Waals surface area contributed by atoms with Gasteiger partial charge in [-0.2, -0.15) is 0 Å². The van der Waals surface area contributed by atoms with Gasteiger partial charge in [0.1, 0.15) is 18.1 Å². The van der Waals surface area contributed by atoms with Crippen molar-refractivity contribution in [3.8, 4) is 0 Å². The van der Waals surface area contributed by atoms with Gasteiger partial charge in [-0.1, -0.05) is 38.5 Å². The Balaban J connectivity index is 2.34. The topological polar surface area (TPSA) is 247 Å². The smallest absolute Gasteiger partial charge is 0.326 e. The molecule has 4 amide bonds. The van der Waals surface area contributed by atoms with Crippen LogP contribution in [0, 0.1) is 5.92 Å². The number of benzene rings is 1. The first kappa shape index (κ1) is 31.8. The van der Waals surface area contributed by atoms with Crippen molar-refractivity contribution in [1.29, 1.82) is 0 Å². The molecule has 5 atom stereocenters. The Morgan fingerprint density at radius 2 is 1.52 bits per heavy atom. The van der Waals surface area contributed by atoms with Crippen molar-refractivity contribution in [2.45, 2.75) is 70.1 Å². The van der Waals surface area contributed by atoms with Gasteiger partial charge < -0.3 is 42.6 Å². The van der Waals surface area contributed by atoms with Crippen LogP contribution in [0.5, 0.6) is 0 Å². The SMILES string of the molecule is CCC(C)C(N)C(=O)NC(Cc1c[nH]c2ccccc12)C(=O)NC(CCC(=O)O)C(=O)NC(CC(N)=O)C(=O)O. The molecule has 0 saturated carbocycles. The van der Waals surface area contributed by atoms with E-state index in [1.807, 2.05) is 31.2 Å². The fraction of sp³-hybridized carbons (Fsp3) is 0.462. The Hall–Kier alpha value is -4.46. The first-order valence-corrected chi connectivity index (χ1v) is 12.8. The number of hydrogen-bond donors (Lipinski definition) is 8. The molecule has 0 bridgehead atoms. The number of carbonyl (C=O) groups is 6. The van der Waals surface area contributed by atoms with Gasteiger partial charge in [0, 0.05) is 29.9 Å². The number of H-pyrrole nitrogens is 1. The number of carbonyl (C=O) groups excluding carboxylic acids is 4. The van der Waals surface area contributed by atoms with Crippen LogP contribution in [0.15, 0.2) is 30.5 Å². The zero-order chi connectivity index (χ0) is 30.0. The summed E-state index contributed by atoms with van der Waals surface area (Å²) in [6.07, 6.45) is 0.651. The fourth-order valence-electron chi connectivity index (χ4n) is 3.99. The third-order valence-electron chi connectivity index (χ3n) is 6.59. The molecule has 1 heterocycles. The number of carboxylic acids is 2. The lowest BCUT2D eigenvalue weighted by Gasteiger charge is -2.26. The lowest BCUT2D eigenvalue weighted by atomic mass is 9.98. The van der Waals surface area contributed by atoms with Crippen molar-refractivity contribution in [1.82, 2.24) is 20.9 Å². The number of nitrogens with one attached hydrogen (secondary N) is 4. The first-order valence-electron chi connectivity index (χ1n) is 12.8. The molecule has 10 N–H and O–H groups in total. The summed E-state index contributed by atoms with van der Waals surface area (Å²) in [7, 11) is 0. The number of aliphatic carboxylic acids is 2. The monoisotopic (exact) mass is 560 g/mol. The van der Waals surface area contributed by atoms with E-state index >= 15 is 0 Å². The molecule has 14 heteroatoms. The highest BCUT2D eigenvalue weighted by Crippen LogP contribution is 2.19. The minimum atomic E-state index is -1.69. The van der Waals surface area contributed by atoms with Gasteiger partial charge in [-0.25, -0.2) is 4.79 Å². The van der Waals surface area contributed by atoms with Gasteiger partial charge in [-0.15, -0.1) is 0 Å². The number of fused-ring (bicyclic) bond motifs is 1. The van der Waals surface area contributed by atoms with Crippen molar-refractivity contribution >= 4 is 46.5 Å². The second kappa shape index (κ2) is 14.6. The lowest BCUT2D eigenvalue weighted by Crippen LogP contribution is -2.58. The van der Waals surface area contributed by atoms with E-state index in [0.717, 1.165) is 10.9 Å². The second-order valence-corrected chi connectivity index (χ2v) is 9.60. The quantitative estimate of drug-likeness (QED) is 0.130. The maximum absolute atomic E-state index is 13.5. The number of primary amides is 1. The van der Waals surface area contributed by atoms with Crippen molar-refractivity contribution in [2.24, 2.45) is 17.4 Å². The standard InChI is InChI=1S/C26H36N6O8/c1-3-13(2)22(28)25(38)31-18(10-14-12-29-16-7-5-4-6-15(14)16)24(37)30-17(8-9-21(34)35)23(36)32-19(26(39)40)11-20(27)33/h4-7,12-13,17-19,22,29H,3,8-11,28H2,1-2H3,(H2,27,33)(H,30,37)(H,31,38)(H,32,36)(H,34,35)(H,39,40). The predicted octanol–water partition coefficient (Wildman–Crippen LogP) is -0.637. The average molecular weight is 561 g/mol. The minimum absolute atomic E-state index is 0.00150. The van der Waals surface area contributed by atoms with Crippen molar-refractivity contribution in [3.63, 3.8) is 0 Å². The Morgan fingerprint density at radius 3 is 2.12 bits per heavy atom. The van der Waals surface area contributed by atoms with Gasteiger partial charge in [0.15, 0.2) is 0 Å². The first-order chi connectivity index (χ1) is 18.8. The molecular formula is C26H36N6O8. The van der Waals surface area contributed by atoms with Gasteiger partial charge in [0.05, 0.1) is 12.5 Å². The molecule has 0 radical (unpaired) electrons. The molecule has 1 aromatic carbocycles. The minimum Gasteiger partial charge on any atom is -0.481 e. The molecule has 0 aliphatic carbocycles. The number of hydrogen-bond acceptors (Lipinski definition) is 7. The molecule has 0 fully saturated rings. The highest BCUT2D eigenvalue weighted by molar-refractivity contribution is 5.95. The third-order valence-corrected chi connectivity index (χ3v) is 6.59. The Morgan fingerprint density at radius 1 is 0.925 bits per heavy atom. The van der Waals surface area contributed by atoms with Crippen LogP contribution >= 0.6 is 0 Å². The van der Waals surface area contributed by atoms with Crippen molar-refractivity contribution < 1.29 is 39.0 Å². The van der Waals surface area contributed by atoms with E-state index in [1.165, 1.54) is 0 Å². The van der Waals surface area contributed by atoms with E-state index < -0.39 is 79.0 Å². The number of para-hydroxylation sites is 1.